The van der Waals surface area contributed by atoms with Gasteiger partial charge < -0.3 is 5.32 Å². The van der Waals surface area contributed by atoms with E-state index in [1.54, 1.807) is 0 Å². The molecule has 0 saturated carbocycles. The maximum atomic E-state index is 4.43. The standard InChI is InChI=1S/C12H19N5/c1-4-17-12(5-10(2)15-17)9-16-8-11(6-13-3)7-14-16/h5,7-8,13H,4,6,9H2,1-3H3. The first kappa shape index (κ1) is 11.9. The minimum absolute atomic E-state index is 0.776. The van der Waals surface area contributed by atoms with Crippen LogP contribution in [0.2, 0.25) is 0 Å². The van der Waals surface area contributed by atoms with Gasteiger partial charge in [0.2, 0.25) is 0 Å². The van der Waals surface area contributed by atoms with Crippen molar-refractivity contribution in [2.24, 2.45) is 0 Å². The van der Waals surface area contributed by atoms with Crippen molar-refractivity contribution < 1.29 is 0 Å². The fourth-order valence-electron chi connectivity index (χ4n) is 1.95. The second-order valence-corrected chi connectivity index (χ2v) is 4.17. The second-order valence-electron chi connectivity index (χ2n) is 4.17. The SMILES string of the molecule is CCn1nc(C)cc1Cn1cc(CNC)cn1. The van der Waals surface area contributed by atoms with Crippen molar-refractivity contribution >= 4 is 0 Å². The molecule has 0 aliphatic rings. The van der Waals surface area contributed by atoms with Gasteiger partial charge in [-0.2, -0.15) is 10.2 Å². The Morgan fingerprint density at radius 2 is 2.24 bits per heavy atom. The Balaban J connectivity index is 2.13. The van der Waals surface area contributed by atoms with Crippen LogP contribution in [0.1, 0.15) is 23.9 Å². The number of nitrogens with zero attached hydrogens (tertiary/aromatic N) is 4. The molecule has 0 radical (unpaired) electrons. The highest BCUT2D eigenvalue weighted by Crippen LogP contribution is 2.07. The first-order valence-electron chi connectivity index (χ1n) is 5.92. The fourth-order valence-corrected chi connectivity index (χ4v) is 1.95. The Hall–Kier alpha value is -1.62. The van der Waals surface area contributed by atoms with E-state index >= 15 is 0 Å². The van der Waals surface area contributed by atoms with Crippen LogP contribution in [-0.4, -0.2) is 26.6 Å². The highest BCUT2D eigenvalue weighted by Gasteiger charge is 2.05. The molecule has 2 aromatic heterocycles. The summed E-state index contributed by atoms with van der Waals surface area (Å²) in [6.07, 6.45) is 3.97. The van der Waals surface area contributed by atoms with Gasteiger partial charge in [0.1, 0.15) is 0 Å². The first-order valence-corrected chi connectivity index (χ1v) is 5.92. The Labute approximate surface area is 101 Å². The van der Waals surface area contributed by atoms with Crippen molar-refractivity contribution in [3.05, 3.63) is 35.4 Å². The second kappa shape index (κ2) is 5.14. The molecule has 2 aromatic rings. The maximum Gasteiger partial charge on any atom is 0.0828 e. The Kier molecular flexibility index (Phi) is 3.58. The number of aryl methyl sites for hydroxylation is 2. The van der Waals surface area contributed by atoms with Crippen LogP contribution in [0.15, 0.2) is 18.5 Å². The molecule has 0 aromatic carbocycles. The molecule has 0 spiro atoms. The summed E-state index contributed by atoms with van der Waals surface area (Å²) in [6, 6.07) is 2.11. The summed E-state index contributed by atoms with van der Waals surface area (Å²) in [5.74, 6) is 0. The number of nitrogens with one attached hydrogen (secondary N) is 1. The van der Waals surface area contributed by atoms with E-state index in [0.717, 1.165) is 25.3 Å². The predicted molar refractivity (Wildman–Crippen MR) is 66.7 cm³/mol. The third-order valence-electron chi connectivity index (χ3n) is 2.68. The smallest absolute Gasteiger partial charge is 0.0828 e. The molecule has 2 rings (SSSR count). The van der Waals surface area contributed by atoms with Gasteiger partial charge in [-0.1, -0.05) is 0 Å². The van der Waals surface area contributed by atoms with Crippen LogP contribution in [0.5, 0.6) is 0 Å². The lowest BCUT2D eigenvalue weighted by molar-refractivity contribution is 0.575. The van der Waals surface area contributed by atoms with Crippen LogP contribution >= 0.6 is 0 Å². The molecular weight excluding hydrogens is 214 g/mol. The van der Waals surface area contributed by atoms with Crippen LogP contribution in [0.3, 0.4) is 0 Å². The van der Waals surface area contributed by atoms with E-state index in [9.17, 15) is 0 Å². The van der Waals surface area contributed by atoms with Gasteiger partial charge in [-0.05, 0) is 27.0 Å². The summed E-state index contributed by atoms with van der Waals surface area (Å²) in [7, 11) is 1.94. The third kappa shape index (κ3) is 2.74. The van der Waals surface area contributed by atoms with E-state index < -0.39 is 0 Å². The number of hydrogen-bond donors (Lipinski definition) is 1. The molecule has 0 saturated heterocycles. The third-order valence-corrected chi connectivity index (χ3v) is 2.68. The summed E-state index contributed by atoms with van der Waals surface area (Å²) in [5, 5.41) is 11.9. The molecule has 0 aliphatic carbocycles. The Morgan fingerprint density at radius 3 is 2.94 bits per heavy atom. The summed E-state index contributed by atoms with van der Waals surface area (Å²) in [6.45, 7) is 6.65. The lowest BCUT2D eigenvalue weighted by Gasteiger charge is -2.04. The lowest BCUT2D eigenvalue weighted by atomic mass is 10.3. The van der Waals surface area contributed by atoms with Crippen LogP contribution in [-0.2, 0) is 19.6 Å². The molecule has 0 bridgehead atoms. The van der Waals surface area contributed by atoms with Gasteiger partial charge in [0.25, 0.3) is 0 Å². The van der Waals surface area contributed by atoms with Crippen molar-refractivity contribution in [1.82, 2.24) is 24.9 Å². The molecule has 5 heteroatoms. The first-order chi connectivity index (χ1) is 8.22. The van der Waals surface area contributed by atoms with E-state index in [1.165, 1.54) is 11.3 Å². The lowest BCUT2D eigenvalue weighted by Crippen LogP contribution is -2.08. The molecule has 5 nitrogen and oxygen atoms in total. The molecule has 0 atom stereocenters. The van der Waals surface area contributed by atoms with Gasteiger partial charge in [0, 0.05) is 24.8 Å². The summed E-state index contributed by atoms with van der Waals surface area (Å²) < 4.78 is 3.98. The molecule has 0 amide bonds. The van der Waals surface area contributed by atoms with E-state index in [-0.39, 0.29) is 0 Å². The van der Waals surface area contributed by atoms with Gasteiger partial charge in [-0.3, -0.25) is 9.36 Å². The summed E-state index contributed by atoms with van der Waals surface area (Å²) in [5.41, 5.74) is 3.46. The monoisotopic (exact) mass is 233 g/mol. The average Bonchev–Trinajstić information content (AvgIpc) is 2.87. The van der Waals surface area contributed by atoms with Crippen LogP contribution in [0, 0.1) is 6.92 Å². The molecule has 0 fully saturated rings. The molecule has 0 aliphatic heterocycles. The zero-order valence-electron chi connectivity index (χ0n) is 10.6. The van der Waals surface area contributed by atoms with Crippen molar-refractivity contribution in [1.29, 1.82) is 0 Å². The zero-order chi connectivity index (χ0) is 12.3. The summed E-state index contributed by atoms with van der Waals surface area (Å²) in [4.78, 5) is 0. The van der Waals surface area contributed by atoms with Crippen LogP contribution < -0.4 is 5.32 Å². The zero-order valence-corrected chi connectivity index (χ0v) is 10.6. The molecule has 92 valence electrons. The van der Waals surface area contributed by atoms with E-state index in [0.29, 0.717) is 0 Å². The average molecular weight is 233 g/mol. The van der Waals surface area contributed by atoms with Crippen molar-refractivity contribution in [3.8, 4) is 0 Å². The quantitative estimate of drug-likeness (QED) is 0.843. The van der Waals surface area contributed by atoms with Crippen LogP contribution in [0.4, 0.5) is 0 Å². The normalized spacial score (nSPS) is 11.0. The predicted octanol–water partition coefficient (Wildman–Crippen LogP) is 1.18. The van der Waals surface area contributed by atoms with Gasteiger partial charge in [-0.25, -0.2) is 0 Å². The largest absolute Gasteiger partial charge is 0.316 e. The Bertz CT molecular complexity index is 483. The highest BCUT2D eigenvalue weighted by atomic mass is 15.3. The minimum Gasteiger partial charge on any atom is -0.316 e. The van der Waals surface area contributed by atoms with Crippen molar-refractivity contribution in [3.63, 3.8) is 0 Å². The van der Waals surface area contributed by atoms with Gasteiger partial charge in [0.15, 0.2) is 0 Å². The summed E-state index contributed by atoms with van der Waals surface area (Å²) >= 11 is 0. The van der Waals surface area contributed by atoms with Gasteiger partial charge in [-0.15, -0.1) is 0 Å². The topological polar surface area (TPSA) is 47.7 Å². The molecular formula is C12H19N5. The number of rotatable bonds is 5. The molecule has 2 heterocycles. The number of hydrogen-bond acceptors (Lipinski definition) is 3. The van der Waals surface area contributed by atoms with E-state index in [1.807, 2.05) is 29.5 Å². The van der Waals surface area contributed by atoms with E-state index in [2.05, 4.69) is 34.7 Å². The minimum atomic E-state index is 0.776. The Morgan fingerprint density at radius 1 is 1.41 bits per heavy atom. The van der Waals surface area contributed by atoms with Gasteiger partial charge >= 0.3 is 0 Å². The fraction of sp³-hybridized carbons (Fsp3) is 0.500. The van der Waals surface area contributed by atoms with Crippen LogP contribution in [0.25, 0.3) is 0 Å². The maximum absolute atomic E-state index is 4.43. The number of aromatic nitrogens is 4. The molecule has 0 unspecified atom stereocenters. The molecule has 17 heavy (non-hydrogen) atoms. The van der Waals surface area contributed by atoms with Crippen molar-refractivity contribution in [2.45, 2.75) is 33.5 Å². The van der Waals surface area contributed by atoms with E-state index in [4.69, 9.17) is 0 Å². The highest BCUT2D eigenvalue weighted by molar-refractivity contribution is 5.11. The van der Waals surface area contributed by atoms with Gasteiger partial charge in [0.05, 0.1) is 24.1 Å². The van der Waals surface area contributed by atoms with Crippen molar-refractivity contribution in [2.75, 3.05) is 7.05 Å². The molecule has 1 N–H and O–H groups in total.